The zero-order valence-corrected chi connectivity index (χ0v) is 11.1. The Morgan fingerprint density at radius 1 is 1.44 bits per heavy atom. The van der Waals surface area contributed by atoms with Crippen molar-refractivity contribution in [2.45, 2.75) is 19.8 Å². The molecular formula is C14H15ClN2O. The quantitative estimate of drug-likeness (QED) is 0.781. The summed E-state index contributed by atoms with van der Waals surface area (Å²) >= 11 is 6.16. The number of rotatable bonds is 1. The summed E-state index contributed by atoms with van der Waals surface area (Å²) in [5.74, 6) is 0.0575. The van der Waals surface area contributed by atoms with Gasteiger partial charge in [-0.15, -0.1) is 0 Å². The highest BCUT2D eigenvalue weighted by molar-refractivity contribution is 6.34. The SMILES string of the molecule is Cc1cccc(C(=O)N2CCC(C#N)CC2)c1Cl. The number of nitrogens with zero attached hydrogens (tertiary/aromatic N) is 2. The fourth-order valence-corrected chi connectivity index (χ4v) is 2.40. The monoisotopic (exact) mass is 262 g/mol. The van der Waals surface area contributed by atoms with Crippen LogP contribution in [0, 0.1) is 24.2 Å². The van der Waals surface area contributed by atoms with Crippen LogP contribution in [0.3, 0.4) is 0 Å². The van der Waals surface area contributed by atoms with Gasteiger partial charge in [0.1, 0.15) is 0 Å². The molecule has 0 N–H and O–H groups in total. The van der Waals surface area contributed by atoms with E-state index in [2.05, 4.69) is 6.07 Å². The van der Waals surface area contributed by atoms with Gasteiger partial charge < -0.3 is 4.90 Å². The second kappa shape index (κ2) is 5.41. The number of benzene rings is 1. The van der Waals surface area contributed by atoms with E-state index < -0.39 is 0 Å². The Labute approximate surface area is 112 Å². The zero-order chi connectivity index (χ0) is 13.1. The number of halogens is 1. The molecule has 0 spiro atoms. The van der Waals surface area contributed by atoms with Crippen LogP contribution in [0.2, 0.25) is 5.02 Å². The van der Waals surface area contributed by atoms with Crippen LogP contribution in [0.15, 0.2) is 18.2 Å². The van der Waals surface area contributed by atoms with Crippen LogP contribution < -0.4 is 0 Å². The first-order chi connectivity index (χ1) is 8.63. The summed E-state index contributed by atoms with van der Waals surface area (Å²) in [4.78, 5) is 14.1. The number of aryl methyl sites for hydroxylation is 1. The number of hydrogen-bond acceptors (Lipinski definition) is 2. The third-order valence-corrected chi connectivity index (χ3v) is 3.89. The van der Waals surface area contributed by atoms with Crippen LogP contribution in [0.4, 0.5) is 0 Å². The molecule has 2 rings (SSSR count). The predicted molar refractivity (Wildman–Crippen MR) is 70.4 cm³/mol. The summed E-state index contributed by atoms with van der Waals surface area (Å²) < 4.78 is 0. The van der Waals surface area contributed by atoms with Gasteiger partial charge in [0.15, 0.2) is 0 Å². The number of carbonyl (C=O) groups excluding carboxylic acids is 1. The van der Waals surface area contributed by atoms with Crippen molar-refractivity contribution in [1.29, 1.82) is 5.26 Å². The maximum atomic E-state index is 12.3. The van der Waals surface area contributed by atoms with Crippen molar-refractivity contribution >= 4 is 17.5 Å². The molecule has 3 nitrogen and oxygen atoms in total. The lowest BCUT2D eigenvalue weighted by Crippen LogP contribution is -2.38. The van der Waals surface area contributed by atoms with Crippen LogP contribution in [-0.2, 0) is 0 Å². The van der Waals surface area contributed by atoms with Gasteiger partial charge in [0, 0.05) is 19.0 Å². The molecule has 0 unspecified atom stereocenters. The average Bonchev–Trinajstić information content (AvgIpc) is 2.41. The van der Waals surface area contributed by atoms with Crippen molar-refractivity contribution in [2.75, 3.05) is 13.1 Å². The van der Waals surface area contributed by atoms with Gasteiger partial charge in [0.25, 0.3) is 5.91 Å². The van der Waals surface area contributed by atoms with Crippen molar-refractivity contribution in [3.63, 3.8) is 0 Å². The fraction of sp³-hybridized carbons (Fsp3) is 0.429. The molecule has 1 fully saturated rings. The summed E-state index contributed by atoms with van der Waals surface area (Å²) in [6.07, 6.45) is 1.51. The first kappa shape index (κ1) is 12.9. The molecule has 1 aliphatic heterocycles. The standard InChI is InChI=1S/C14H15ClN2O/c1-10-3-2-4-12(13(10)15)14(18)17-7-5-11(9-16)6-8-17/h2-4,11H,5-8H2,1H3. The van der Waals surface area contributed by atoms with E-state index in [1.54, 1.807) is 11.0 Å². The smallest absolute Gasteiger partial charge is 0.255 e. The molecule has 94 valence electrons. The Hall–Kier alpha value is -1.53. The molecule has 1 saturated heterocycles. The Morgan fingerprint density at radius 2 is 2.11 bits per heavy atom. The van der Waals surface area contributed by atoms with Crippen molar-refractivity contribution in [3.05, 3.63) is 34.3 Å². The van der Waals surface area contributed by atoms with Crippen LogP contribution in [0.5, 0.6) is 0 Å². The van der Waals surface area contributed by atoms with E-state index in [1.165, 1.54) is 0 Å². The molecule has 1 aromatic rings. The first-order valence-electron chi connectivity index (χ1n) is 6.07. The molecule has 1 amide bonds. The van der Waals surface area contributed by atoms with Crippen molar-refractivity contribution in [1.82, 2.24) is 4.90 Å². The van der Waals surface area contributed by atoms with Crippen LogP contribution in [0.25, 0.3) is 0 Å². The summed E-state index contributed by atoms with van der Waals surface area (Å²) in [6, 6.07) is 7.75. The first-order valence-corrected chi connectivity index (χ1v) is 6.45. The summed E-state index contributed by atoms with van der Waals surface area (Å²) in [6.45, 7) is 3.17. The molecule has 0 saturated carbocycles. The molecule has 4 heteroatoms. The molecule has 0 atom stereocenters. The summed E-state index contributed by atoms with van der Waals surface area (Å²) in [5.41, 5.74) is 1.47. The summed E-state index contributed by atoms with van der Waals surface area (Å²) in [5, 5.41) is 9.37. The van der Waals surface area contributed by atoms with Gasteiger partial charge in [-0.05, 0) is 31.4 Å². The number of likely N-dealkylation sites (tertiary alicyclic amines) is 1. The molecule has 18 heavy (non-hydrogen) atoms. The molecule has 0 aromatic heterocycles. The van der Waals surface area contributed by atoms with E-state index in [0.29, 0.717) is 23.7 Å². The number of nitriles is 1. The lowest BCUT2D eigenvalue weighted by molar-refractivity contribution is 0.0707. The Balaban J connectivity index is 2.13. The van der Waals surface area contributed by atoms with Crippen molar-refractivity contribution in [3.8, 4) is 6.07 Å². The maximum Gasteiger partial charge on any atom is 0.255 e. The van der Waals surface area contributed by atoms with E-state index in [4.69, 9.17) is 16.9 Å². The number of amides is 1. The van der Waals surface area contributed by atoms with Crippen molar-refractivity contribution < 1.29 is 4.79 Å². The van der Waals surface area contributed by atoms with Crippen LogP contribution in [0.1, 0.15) is 28.8 Å². The average molecular weight is 263 g/mol. The zero-order valence-electron chi connectivity index (χ0n) is 10.3. The normalized spacial score (nSPS) is 16.4. The number of carbonyl (C=O) groups is 1. The highest BCUT2D eigenvalue weighted by atomic mass is 35.5. The fourth-order valence-electron chi connectivity index (χ4n) is 2.19. The van der Waals surface area contributed by atoms with Gasteiger partial charge in [-0.1, -0.05) is 23.7 Å². The van der Waals surface area contributed by atoms with E-state index in [0.717, 1.165) is 18.4 Å². The second-order valence-electron chi connectivity index (χ2n) is 4.63. The van der Waals surface area contributed by atoms with E-state index in [-0.39, 0.29) is 11.8 Å². The van der Waals surface area contributed by atoms with E-state index in [9.17, 15) is 4.79 Å². The third-order valence-electron chi connectivity index (χ3n) is 3.39. The minimum Gasteiger partial charge on any atom is -0.339 e. The number of piperidine rings is 1. The molecule has 0 aliphatic carbocycles. The summed E-state index contributed by atoms with van der Waals surface area (Å²) in [7, 11) is 0. The van der Waals surface area contributed by atoms with Crippen LogP contribution >= 0.6 is 11.6 Å². The predicted octanol–water partition coefficient (Wildman–Crippen LogP) is 3.02. The van der Waals surface area contributed by atoms with E-state index in [1.807, 2.05) is 19.1 Å². The molecule has 0 bridgehead atoms. The molecule has 1 heterocycles. The van der Waals surface area contributed by atoms with Crippen LogP contribution in [-0.4, -0.2) is 23.9 Å². The van der Waals surface area contributed by atoms with Crippen molar-refractivity contribution in [2.24, 2.45) is 5.92 Å². The van der Waals surface area contributed by atoms with Gasteiger partial charge in [0.05, 0.1) is 16.7 Å². The van der Waals surface area contributed by atoms with Gasteiger partial charge in [-0.2, -0.15) is 5.26 Å². The minimum absolute atomic E-state index is 0.0277. The van der Waals surface area contributed by atoms with E-state index >= 15 is 0 Å². The molecule has 0 radical (unpaired) electrons. The van der Waals surface area contributed by atoms with Gasteiger partial charge in [0.2, 0.25) is 0 Å². The van der Waals surface area contributed by atoms with Gasteiger partial charge in [-0.3, -0.25) is 4.79 Å². The maximum absolute atomic E-state index is 12.3. The Bertz CT molecular complexity index is 499. The third kappa shape index (κ3) is 2.49. The molecule has 1 aliphatic rings. The topological polar surface area (TPSA) is 44.1 Å². The lowest BCUT2D eigenvalue weighted by Gasteiger charge is -2.29. The highest BCUT2D eigenvalue weighted by Crippen LogP contribution is 2.24. The largest absolute Gasteiger partial charge is 0.339 e. The lowest BCUT2D eigenvalue weighted by atomic mass is 9.98. The Morgan fingerprint density at radius 3 is 2.72 bits per heavy atom. The van der Waals surface area contributed by atoms with Gasteiger partial charge in [-0.25, -0.2) is 0 Å². The van der Waals surface area contributed by atoms with Gasteiger partial charge >= 0.3 is 0 Å². The second-order valence-corrected chi connectivity index (χ2v) is 5.01. The molecular weight excluding hydrogens is 248 g/mol. The molecule has 1 aromatic carbocycles. The Kier molecular flexibility index (Phi) is 3.88. The highest BCUT2D eigenvalue weighted by Gasteiger charge is 2.24. The number of hydrogen-bond donors (Lipinski definition) is 0. The minimum atomic E-state index is -0.0277.